The summed E-state index contributed by atoms with van der Waals surface area (Å²) in [4.78, 5) is 18.1. The van der Waals surface area contributed by atoms with E-state index >= 15 is 0 Å². The number of nitrogens with two attached hydrogens (primary N) is 1. The molecular formula is C12H22N4O2S. The van der Waals surface area contributed by atoms with E-state index in [-0.39, 0.29) is 5.91 Å². The summed E-state index contributed by atoms with van der Waals surface area (Å²) in [5.41, 5.74) is 5.92. The lowest BCUT2D eigenvalue weighted by atomic mass is 10.3. The highest BCUT2D eigenvalue weighted by Gasteiger charge is 2.09. The van der Waals surface area contributed by atoms with Gasteiger partial charge >= 0.3 is 0 Å². The lowest BCUT2D eigenvalue weighted by Gasteiger charge is -2.15. The zero-order valence-electron chi connectivity index (χ0n) is 11.5. The molecule has 0 saturated carbocycles. The van der Waals surface area contributed by atoms with Gasteiger partial charge in [0.25, 0.3) is 5.91 Å². The number of amides is 1. The minimum absolute atomic E-state index is 0.129. The van der Waals surface area contributed by atoms with Gasteiger partial charge in [-0.05, 0) is 20.0 Å². The second-order valence-corrected chi connectivity index (χ2v) is 5.18. The fraction of sp³-hybridized carbons (Fsp3) is 0.667. The van der Waals surface area contributed by atoms with Gasteiger partial charge in [-0.3, -0.25) is 4.79 Å². The summed E-state index contributed by atoms with van der Waals surface area (Å²) < 4.78 is 5.00. The van der Waals surface area contributed by atoms with Crippen molar-refractivity contribution < 1.29 is 9.53 Å². The van der Waals surface area contributed by atoms with E-state index < -0.39 is 0 Å². The van der Waals surface area contributed by atoms with Crippen LogP contribution in [-0.4, -0.2) is 56.2 Å². The number of likely N-dealkylation sites (N-methyl/N-ethyl adjacent to an activating group) is 1. The fourth-order valence-electron chi connectivity index (χ4n) is 1.51. The molecule has 1 aromatic rings. The molecule has 19 heavy (non-hydrogen) atoms. The zero-order valence-corrected chi connectivity index (χ0v) is 12.3. The van der Waals surface area contributed by atoms with Crippen LogP contribution in [0.15, 0.2) is 5.38 Å². The van der Waals surface area contributed by atoms with Gasteiger partial charge in [0.1, 0.15) is 10.7 Å². The van der Waals surface area contributed by atoms with Crippen molar-refractivity contribution in [3.8, 4) is 0 Å². The number of hydrogen-bond donors (Lipinski definition) is 2. The van der Waals surface area contributed by atoms with Crippen molar-refractivity contribution in [2.75, 3.05) is 40.4 Å². The van der Waals surface area contributed by atoms with Gasteiger partial charge in [0, 0.05) is 32.1 Å². The van der Waals surface area contributed by atoms with Crippen LogP contribution in [0.3, 0.4) is 0 Å². The quantitative estimate of drug-likeness (QED) is 0.638. The molecule has 3 N–H and O–H groups in total. The van der Waals surface area contributed by atoms with Crippen LogP contribution in [0.5, 0.6) is 0 Å². The number of hydrogen-bond acceptors (Lipinski definition) is 6. The molecule has 0 radical (unpaired) electrons. The molecule has 1 aromatic heterocycles. The van der Waals surface area contributed by atoms with E-state index in [9.17, 15) is 4.79 Å². The molecule has 0 unspecified atom stereocenters. The van der Waals surface area contributed by atoms with Crippen molar-refractivity contribution in [1.29, 1.82) is 0 Å². The highest BCUT2D eigenvalue weighted by atomic mass is 32.1. The van der Waals surface area contributed by atoms with Gasteiger partial charge in [0.2, 0.25) is 0 Å². The second kappa shape index (κ2) is 8.98. The van der Waals surface area contributed by atoms with Gasteiger partial charge in [-0.25, -0.2) is 4.98 Å². The molecule has 6 nitrogen and oxygen atoms in total. The summed E-state index contributed by atoms with van der Waals surface area (Å²) in [5, 5.41) is 5.37. The molecular weight excluding hydrogens is 264 g/mol. The van der Waals surface area contributed by atoms with E-state index in [2.05, 4.69) is 15.2 Å². The monoisotopic (exact) mass is 286 g/mol. The molecule has 7 heteroatoms. The maximum atomic E-state index is 11.7. The van der Waals surface area contributed by atoms with Crippen molar-refractivity contribution in [2.45, 2.75) is 13.0 Å². The van der Waals surface area contributed by atoms with Crippen LogP contribution in [0.25, 0.3) is 0 Å². The number of ether oxygens (including phenoxy) is 1. The molecule has 0 fully saturated rings. The molecule has 0 bridgehead atoms. The molecule has 0 aliphatic carbocycles. The van der Waals surface area contributed by atoms with Crippen molar-refractivity contribution >= 4 is 17.2 Å². The van der Waals surface area contributed by atoms with Gasteiger partial charge in [0.05, 0.1) is 6.61 Å². The number of thiazole rings is 1. The van der Waals surface area contributed by atoms with Crippen LogP contribution in [0.2, 0.25) is 0 Å². The van der Waals surface area contributed by atoms with Gasteiger partial charge in [-0.15, -0.1) is 11.3 Å². The molecule has 0 spiro atoms. The number of carbonyl (C=O) groups is 1. The first-order valence-electron chi connectivity index (χ1n) is 6.27. The average molecular weight is 286 g/mol. The van der Waals surface area contributed by atoms with Crippen molar-refractivity contribution in [3.05, 3.63) is 16.1 Å². The van der Waals surface area contributed by atoms with Crippen LogP contribution < -0.4 is 11.1 Å². The Morgan fingerprint density at radius 2 is 2.37 bits per heavy atom. The normalized spacial score (nSPS) is 10.9. The van der Waals surface area contributed by atoms with Crippen LogP contribution in [0.4, 0.5) is 0 Å². The Morgan fingerprint density at radius 1 is 1.58 bits per heavy atom. The molecule has 1 rings (SSSR count). The second-order valence-electron chi connectivity index (χ2n) is 4.24. The first kappa shape index (κ1) is 16.0. The van der Waals surface area contributed by atoms with Crippen molar-refractivity contribution in [1.82, 2.24) is 15.2 Å². The highest BCUT2D eigenvalue weighted by molar-refractivity contribution is 7.09. The Hall–Kier alpha value is -1.02. The summed E-state index contributed by atoms with van der Waals surface area (Å²) in [6.45, 7) is 3.57. The van der Waals surface area contributed by atoms with E-state index in [1.807, 2.05) is 7.05 Å². The lowest BCUT2D eigenvalue weighted by molar-refractivity contribution is 0.0946. The molecule has 0 aliphatic rings. The Labute approximate surface area is 118 Å². The standard InChI is InChI=1S/C12H22N4O2S/c1-16(6-7-18-2)5-3-4-14-12(17)10-9-19-11(8-13)15-10/h9H,3-8,13H2,1-2H3,(H,14,17). The van der Waals surface area contributed by atoms with E-state index in [1.54, 1.807) is 12.5 Å². The topological polar surface area (TPSA) is 80.5 Å². The molecule has 0 atom stereocenters. The Bertz CT molecular complexity index is 384. The highest BCUT2D eigenvalue weighted by Crippen LogP contribution is 2.08. The van der Waals surface area contributed by atoms with Gasteiger partial charge in [0.15, 0.2) is 0 Å². The minimum atomic E-state index is -0.129. The number of aromatic nitrogens is 1. The fourth-order valence-corrected chi connectivity index (χ4v) is 2.16. The maximum absolute atomic E-state index is 11.7. The van der Waals surface area contributed by atoms with E-state index in [0.717, 1.165) is 31.1 Å². The lowest BCUT2D eigenvalue weighted by Crippen LogP contribution is -2.29. The van der Waals surface area contributed by atoms with Crippen LogP contribution >= 0.6 is 11.3 Å². The van der Waals surface area contributed by atoms with E-state index in [4.69, 9.17) is 10.5 Å². The SMILES string of the molecule is COCCN(C)CCCNC(=O)c1csc(CN)n1. The van der Waals surface area contributed by atoms with Gasteiger partial charge < -0.3 is 20.7 Å². The molecule has 0 aliphatic heterocycles. The molecule has 1 heterocycles. The third kappa shape index (κ3) is 6.11. The third-order valence-electron chi connectivity index (χ3n) is 2.64. The summed E-state index contributed by atoms with van der Waals surface area (Å²) in [5.74, 6) is -0.129. The number of nitrogens with zero attached hydrogens (tertiary/aromatic N) is 2. The summed E-state index contributed by atoms with van der Waals surface area (Å²) >= 11 is 1.41. The van der Waals surface area contributed by atoms with Gasteiger partial charge in [-0.2, -0.15) is 0 Å². The largest absolute Gasteiger partial charge is 0.383 e. The summed E-state index contributed by atoms with van der Waals surface area (Å²) in [6.07, 6.45) is 0.903. The summed E-state index contributed by atoms with van der Waals surface area (Å²) in [7, 11) is 3.73. The molecule has 1 amide bonds. The van der Waals surface area contributed by atoms with E-state index in [0.29, 0.717) is 18.8 Å². The Balaban J connectivity index is 2.16. The first-order chi connectivity index (χ1) is 9.17. The third-order valence-corrected chi connectivity index (χ3v) is 3.51. The predicted molar refractivity (Wildman–Crippen MR) is 76.3 cm³/mol. The molecule has 0 aromatic carbocycles. The van der Waals surface area contributed by atoms with Crippen LogP contribution in [0.1, 0.15) is 21.9 Å². The average Bonchev–Trinajstić information content (AvgIpc) is 2.90. The zero-order chi connectivity index (χ0) is 14.1. The Morgan fingerprint density at radius 3 is 3.00 bits per heavy atom. The van der Waals surface area contributed by atoms with Crippen molar-refractivity contribution in [3.63, 3.8) is 0 Å². The first-order valence-corrected chi connectivity index (χ1v) is 7.15. The van der Waals surface area contributed by atoms with Crippen LogP contribution in [-0.2, 0) is 11.3 Å². The van der Waals surface area contributed by atoms with Crippen molar-refractivity contribution in [2.24, 2.45) is 5.73 Å². The predicted octanol–water partition coefficient (Wildman–Crippen LogP) is 0.300. The maximum Gasteiger partial charge on any atom is 0.270 e. The number of rotatable bonds is 9. The summed E-state index contributed by atoms with van der Waals surface area (Å²) in [6, 6.07) is 0. The van der Waals surface area contributed by atoms with Gasteiger partial charge in [-0.1, -0.05) is 0 Å². The molecule has 0 saturated heterocycles. The Kier molecular flexibility index (Phi) is 7.57. The number of nitrogens with one attached hydrogen (secondary N) is 1. The number of methoxy groups -OCH3 is 1. The smallest absolute Gasteiger partial charge is 0.270 e. The van der Waals surface area contributed by atoms with Crippen LogP contribution in [0, 0.1) is 0 Å². The van der Waals surface area contributed by atoms with E-state index in [1.165, 1.54) is 11.3 Å². The minimum Gasteiger partial charge on any atom is -0.383 e. The number of carbonyl (C=O) groups excluding carboxylic acids is 1. The molecule has 108 valence electrons.